The Kier molecular flexibility index (Phi) is 4.12. The summed E-state index contributed by atoms with van der Waals surface area (Å²) in [6.07, 6.45) is 2.45. The van der Waals surface area contributed by atoms with Crippen LogP contribution >= 0.6 is 0 Å². The Balaban J connectivity index is 1.64. The van der Waals surface area contributed by atoms with Crippen molar-refractivity contribution >= 4 is 11.7 Å². The fourth-order valence-corrected chi connectivity index (χ4v) is 2.86. The summed E-state index contributed by atoms with van der Waals surface area (Å²) in [6.45, 7) is 1.75. The van der Waals surface area contributed by atoms with Gasteiger partial charge in [0.05, 0.1) is 12.1 Å². The number of rotatable bonds is 5. The average Bonchev–Trinajstić information content (AvgIpc) is 3.36. The number of H-pyrrole nitrogens is 1. The first-order valence-corrected chi connectivity index (χ1v) is 8.60. The number of aromatic amines is 1. The van der Waals surface area contributed by atoms with Crippen molar-refractivity contribution in [1.29, 1.82) is 0 Å². The molecule has 0 bridgehead atoms. The minimum Gasteiger partial charge on any atom is -0.310 e. The van der Waals surface area contributed by atoms with E-state index < -0.39 is 0 Å². The Morgan fingerprint density at radius 3 is 2.73 bits per heavy atom. The summed E-state index contributed by atoms with van der Waals surface area (Å²) in [6, 6.07) is 12.8. The van der Waals surface area contributed by atoms with Gasteiger partial charge in [-0.3, -0.25) is 14.6 Å². The molecule has 2 heterocycles. The average molecular weight is 349 g/mol. The summed E-state index contributed by atoms with van der Waals surface area (Å²) in [5.41, 5.74) is 2.18. The summed E-state index contributed by atoms with van der Waals surface area (Å²) in [5, 5.41) is 7.45. The number of amides is 1. The van der Waals surface area contributed by atoms with Gasteiger partial charge in [-0.05, 0) is 25.3 Å². The van der Waals surface area contributed by atoms with Crippen LogP contribution in [0.15, 0.2) is 47.3 Å². The van der Waals surface area contributed by atoms with Crippen molar-refractivity contribution in [3.05, 3.63) is 69.8 Å². The van der Waals surface area contributed by atoms with E-state index in [9.17, 15) is 9.59 Å². The van der Waals surface area contributed by atoms with E-state index >= 15 is 0 Å². The lowest BCUT2D eigenvalue weighted by atomic mass is 10.1. The van der Waals surface area contributed by atoms with Crippen molar-refractivity contribution in [2.75, 3.05) is 5.32 Å². The number of carbonyl (C=O) groups is 1. The standard InChI is InChI=1S/C19H19N5O2/c1-12-9-17(25)22-19(20-12)24-16(11-15(23-24)14-7-8-14)21-18(26)10-13-5-3-2-4-6-13/h2-6,9,11,14H,7-8,10H2,1H3,(H,21,26)(H,20,22,25). The Morgan fingerprint density at radius 2 is 2.04 bits per heavy atom. The van der Waals surface area contributed by atoms with Gasteiger partial charge in [0.1, 0.15) is 5.82 Å². The van der Waals surface area contributed by atoms with E-state index in [1.54, 1.807) is 6.92 Å². The third kappa shape index (κ3) is 3.56. The lowest BCUT2D eigenvalue weighted by molar-refractivity contribution is -0.115. The van der Waals surface area contributed by atoms with Gasteiger partial charge in [-0.2, -0.15) is 9.78 Å². The summed E-state index contributed by atoms with van der Waals surface area (Å²) in [7, 11) is 0. The second-order valence-electron chi connectivity index (χ2n) is 6.56. The van der Waals surface area contributed by atoms with Crippen LogP contribution in [0, 0.1) is 6.92 Å². The number of aromatic nitrogens is 4. The Morgan fingerprint density at radius 1 is 1.27 bits per heavy atom. The highest BCUT2D eigenvalue weighted by molar-refractivity contribution is 5.91. The molecular weight excluding hydrogens is 330 g/mol. The molecule has 0 radical (unpaired) electrons. The number of aryl methyl sites for hydroxylation is 1. The van der Waals surface area contributed by atoms with Crippen LogP contribution in [-0.2, 0) is 11.2 Å². The molecule has 0 unspecified atom stereocenters. The summed E-state index contributed by atoms with van der Waals surface area (Å²) in [5.74, 6) is 1.09. The third-order valence-corrected chi connectivity index (χ3v) is 4.26. The maximum atomic E-state index is 12.4. The first-order valence-electron chi connectivity index (χ1n) is 8.60. The molecule has 2 aromatic heterocycles. The number of hydrogen-bond donors (Lipinski definition) is 2. The molecular formula is C19H19N5O2. The van der Waals surface area contributed by atoms with Crippen LogP contribution in [0.3, 0.4) is 0 Å². The quantitative estimate of drug-likeness (QED) is 0.739. The van der Waals surface area contributed by atoms with E-state index in [0.717, 1.165) is 24.1 Å². The lowest BCUT2D eigenvalue weighted by Gasteiger charge is -2.08. The molecule has 4 rings (SSSR count). The highest BCUT2D eigenvalue weighted by Gasteiger charge is 2.28. The molecule has 0 saturated heterocycles. The number of benzene rings is 1. The first-order chi connectivity index (χ1) is 12.6. The minimum absolute atomic E-state index is 0.144. The Bertz CT molecular complexity index is 1000. The van der Waals surface area contributed by atoms with Gasteiger partial charge in [0.2, 0.25) is 11.9 Å². The van der Waals surface area contributed by atoms with Gasteiger partial charge >= 0.3 is 0 Å². The van der Waals surface area contributed by atoms with E-state index in [-0.39, 0.29) is 17.9 Å². The number of anilines is 1. The maximum absolute atomic E-state index is 12.4. The molecule has 1 fully saturated rings. The van der Waals surface area contributed by atoms with Crippen molar-refractivity contribution < 1.29 is 4.79 Å². The SMILES string of the molecule is Cc1cc(=O)[nH]c(-n2nc(C3CC3)cc2NC(=O)Cc2ccccc2)n1. The third-order valence-electron chi connectivity index (χ3n) is 4.26. The normalized spacial score (nSPS) is 13.6. The van der Waals surface area contributed by atoms with Gasteiger partial charge in [-0.15, -0.1) is 0 Å². The number of hydrogen-bond acceptors (Lipinski definition) is 4. The summed E-state index contributed by atoms with van der Waals surface area (Å²) in [4.78, 5) is 31.3. The van der Waals surface area contributed by atoms with Gasteiger partial charge in [0.15, 0.2) is 0 Å². The molecule has 1 saturated carbocycles. The molecule has 1 aliphatic rings. The van der Waals surface area contributed by atoms with Crippen LogP contribution < -0.4 is 10.9 Å². The van der Waals surface area contributed by atoms with Crippen LogP contribution in [0.4, 0.5) is 5.82 Å². The fraction of sp³-hybridized carbons (Fsp3) is 0.263. The predicted molar refractivity (Wildman–Crippen MR) is 97.5 cm³/mol. The van der Waals surface area contributed by atoms with Crippen LogP contribution in [0.2, 0.25) is 0 Å². The van der Waals surface area contributed by atoms with Crippen molar-refractivity contribution in [1.82, 2.24) is 19.7 Å². The number of nitrogens with one attached hydrogen (secondary N) is 2. The van der Waals surface area contributed by atoms with Gasteiger partial charge in [0.25, 0.3) is 5.56 Å². The maximum Gasteiger partial charge on any atom is 0.252 e. The van der Waals surface area contributed by atoms with Crippen molar-refractivity contribution in [3.63, 3.8) is 0 Å². The van der Waals surface area contributed by atoms with Gasteiger partial charge in [-0.25, -0.2) is 4.98 Å². The van der Waals surface area contributed by atoms with Gasteiger partial charge in [0, 0.05) is 23.7 Å². The van der Waals surface area contributed by atoms with E-state index in [0.29, 0.717) is 23.4 Å². The second kappa shape index (κ2) is 6.59. The van der Waals surface area contributed by atoms with Crippen molar-refractivity contribution in [2.24, 2.45) is 0 Å². The van der Waals surface area contributed by atoms with E-state index in [1.165, 1.54) is 10.7 Å². The summed E-state index contributed by atoms with van der Waals surface area (Å²) < 4.78 is 1.50. The molecule has 7 nitrogen and oxygen atoms in total. The van der Waals surface area contributed by atoms with Crippen molar-refractivity contribution in [2.45, 2.75) is 32.1 Å². The molecule has 1 aliphatic carbocycles. The van der Waals surface area contributed by atoms with Gasteiger partial charge < -0.3 is 5.32 Å². The topological polar surface area (TPSA) is 92.7 Å². The molecule has 132 valence electrons. The Hall–Kier alpha value is -3.22. The van der Waals surface area contributed by atoms with Crippen molar-refractivity contribution in [3.8, 4) is 5.95 Å². The molecule has 0 aliphatic heterocycles. The lowest BCUT2D eigenvalue weighted by Crippen LogP contribution is -2.20. The molecule has 7 heteroatoms. The molecule has 1 amide bonds. The van der Waals surface area contributed by atoms with Gasteiger partial charge in [-0.1, -0.05) is 30.3 Å². The first kappa shape index (κ1) is 16.3. The summed E-state index contributed by atoms with van der Waals surface area (Å²) >= 11 is 0. The highest BCUT2D eigenvalue weighted by Crippen LogP contribution is 2.40. The second-order valence-corrected chi connectivity index (χ2v) is 6.56. The monoisotopic (exact) mass is 349 g/mol. The zero-order chi connectivity index (χ0) is 18.1. The largest absolute Gasteiger partial charge is 0.310 e. The van der Waals surface area contributed by atoms with Crippen LogP contribution in [0.1, 0.15) is 35.7 Å². The molecule has 0 spiro atoms. The molecule has 2 N–H and O–H groups in total. The molecule has 0 atom stereocenters. The number of nitrogens with zero attached hydrogens (tertiary/aromatic N) is 3. The van der Waals surface area contributed by atoms with Crippen LogP contribution in [-0.4, -0.2) is 25.7 Å². The van der Waals surface area contributed by atoms with Crippen LogP contribution in [0.25, 0.3) is 5.95 Å². The smallest absolute Gasteiger partial charge is 0.252 e. The number of carbonyl (C=O) groups excluding carboxylic acids is 1. The molecule has 26 heavy (non-hydrogen) atoms. The van der Waals surface area contributed by atoms with E-state index in [4.69, 9.17) is 0 Å². The van der Waals surface area contributed by atoms with E-state index in [1.807, 2.05) is 36.4 Å². The zero-order valence-corrected chi connectivity index (χ0v) is 14.4. The molecule has 1 aromatic carbocycles. The highest BCUT2D eigenvalue weighted by atomic mass is 16.1. The van der Waals surface area contributed by atoms with Crippen LogP contribution in [0.5, 0.6) is 0 Å². The minimum atomic E-state index is -0.252. The molecule has 3 aromatic rings. The fourth-order valence-electron chi connectivity index (χ4n) is 2.86. The zero-order valence-electron chi connectivity index (χ0n) is 14.4. The Labute approximate surface area is 150 Å². The van der Waals surface area contributed by atoms with E-state index in [2.05, 4.69) is 20.4 Å². The predicted octanol–water partition coefficient (Wildman–Crippen LogP) is 2.32.